The number of carbonyl (C=O) groups excluding carboxylic acids is 1. The van der Waals surface area contributed by atoms with E-state index in [1.807, 2.05) is 25.7 Å². The highest BCUT2D eigenvalue weighted by Gasteiger charge is 2.40. The third-order valence-corrected chi connectivity index (χ3v) is 5.03. The van der Waals surface area contributed by atoms with Crippen LogP contribution in [0.4, 0.5) is 4.79 Å². The lowest BCUT2D eigenvalue weighted by Gasteiger charge is -2.50. The van der Waals surface area contributed by atoms with Crippen LogP contribution in [-0.4, -0.2) is 53.2 Å². The second-order valence-electron chi connectivity index (χ2n) is 7.59. The zero-order valence-electron chi connectivity index (χ0n) is 14.3. The molecule has 2 heterocycles. The predicted molar refractivity (Wildman–Crippen MR) is 85.5 cm³/mol. The van der Waals surface area contributed by atoms with Crippen LogP contribution in [0.25, 0.3) is 0 Å². The minimum atomic E-state index is -0.400. The van der Waals surface area contributed by atoms with E-state index in [0.717, 1.165) is 25.9 Å². The number of nitrogens with zero attached hydrogens (tertiary/aromatic N) is 2. The van der Waals surface area contributed by atoms with Crippen LogP contribution in [0, 0.1) is 0 Å². The highest BCUT2D eigenvalue weighted by Crippen LogP contribution is 2.34. The van der Waals surface area contributed by atoms with Crippen molar-refractivity contribution in [3.63, 3.8) is 0 Å². The molecule has 2 rings (SSSR count). The van der Waals surface area contributed by atoms with Crippen molar-refractivity contribution in [3.05, 3.63) is 0 Å². The van der Waals surface area contributed by atoms with Crippen molar-refractivity contribution in [1.82, 2.24) is 9.80 Å². The van der Waals surface area contributed by atoms with Crippen molar-refractivity contribution >= 4 is 6.09 Å². The number of likely N-dealkylation sites (tertiary alicyclic amines) is 2. The SMILES string of the molecule is CCC1(N2CCCCC2)CCN(C(=O)OC(C)(C)C)CC1. The Bertz CT molecular complexity index is 348. The van der Waals surface area contributed by atoms with Crippen LogP contribution in [0.2, 0.25) is 0 Å². The summed E-state index contributed by atoms with van der Waals surface area (Å²) in [5.41, 5.74) is -0.0812. The fourth-order valence-electron chi connectivity index (χ4n) is 3.69. The summed E-state index contributed by atoms with van der Waals surface area (Å²) in [4.78, 5) is 16.8. The number of hydrogen-bond donors (Lipinski definition) is 0. The molecule has 21 heavy (non-hydrogen) atoms. The maximum Gasteiger partial charge on any atom is 0.410 e. The molecule has 0 N–H and O–H groups in total. The number of ether oxygens (including phenoxy) is 1. The Morgan fingerprint density at radius 1 is 1.05 bits per heavy atom. The van der Waals surface area contributed by atoms with Gasteiger partial charge in [0.25, 0.3) is 0 Å². The first-order valence-electron chi connectivity index (χ1n) is 8.59. The van der Waals surface area contributed by atoms with E-state index >= 15 is 0 Å². The van der Waals surface area contributed by atoms with Gasteiger partial charge in [0.1, 0.15) is 5.60 Å². The van der Waals surface area contributed by atoms with Crippen LogP contribution in [-0.2, 0) is 4.74 Å². The summed E-state index contributed by atoms with van der Waals surface area (Å²) in [5, 5.41) is 0. The van der Waals surface area contributed by atoms with E-state index < -0.39 is 5.60 Å². The molecule has 2 aliphatic heterocycles. The molecule has 1 amide bonds. The van der Waals surface area contributed by atoms with Crippen molar-refractivity contribution < 1.29 is 9.53 Å². The molecule has 0 aromatic carbocycles. The zero-order valence-corrected chi connectivity index (χ0v) is 14.3. The maximum atomic E-state index is 12.2. The van der Waals surface area contributed by atoms with E-state index in [4.69, 9.17) is 4.74 Å². The van der Waals surface area contributed by atoms with E-state index in [-0.39, 0.29) is 6.09 Å². The van der Waals surface area contributed by atoms with Crippen LogP contribution in [0.5, 0.6) is 0 Å². The molecule has 4 nitrogen and oxygen atoms in total. The Morgan fingerprint density at radius 3 is 2.10 bits per heavy atom. The van der Waals surface area contributed by atoms with Crippen molar-refractivity contribution in [2.45, 2.75) is 77.4 Å². The average Bonchev–Trinajstić information content (AvgIpc) is 2.46. The Balaban J connectivity index is 1.92. The molecule has 0 aromatic rings. The third-order valence-electron chi connectivity index (χ3n) is 5.03. The lowest BCUT2D eigenvalue weighted by atomic mass is 9.82. The largest absolute Gasteiger partial charge is 0.444 e. The molecule has 4 heteroatoms. The van der Waals surface area contributed by atoms with Gasteiger partial charge in [-0.25, -0.2) is 4.79 Å². The van der Waals surface area contributed by atoms with Crippen LogP contribution < -0.4 is 0 Å². The smallest absolute Gasteiger partial charge is 0.410 e. The van der Waals surface area contributed by atoms with Crippen molar-refractivity contribution in [2.75, 3.05) is 26.2 Å². The van der Waals surface area contributed by atoms with Gasteiger partial charge >= 0.3 is 6.09 Å². The summed E-state index contributed by atoms with van der Waals surface area (Å²) in [5.74, 6) is 0. The molecule has 2 saturated heterocycles. The average molecular weight is 296 g/mol. The monoisotopic (exact) mass is 296 g/mol. The number of amides is 1. The van der Waals surface area contributed by atoms with Crippen LogP contribution in [0.1, 0.15) is 66.2 Å². The van der Waals surface area contributed by atoms with Gasteiger partial charge in [-0.3, -0.25) is 4.90 Å². The highest BCUT2D eigenvalue weighted by molar-refractivity contribution is 5.68. The van der Waals surface area contributed by atoms with E-state index in [0.29, 0.717) is 5.54 Å². The van der Waals surface area contributed by atoms with Crippen LogP contribution >= 0.6 is 0 Å². The first-order valence-corrected chi connectivity index (χ1v) is 8.59. The Hall–Kier alpha value is -0.770. The molecule has 2 aliphatic rings. The number of hydrogen-bond acceptors (Lipinski definition) is 3. The molecular weight excluding hydrogens is 264 g/mol. The normalized spacial score (nSPS) is 23.9. The van der Waals surface area contributed by atoms with Gasteiger partial charge in [-0.1, -0.05) is 13.3 Å². The predicted octanol–water partition coefficient (Wildman–Crippen LogP) is 3.65. The lowest BCUT2D eigenvalue weighted by molar-refractivity contribution is -0.0143. The molecule has 0 aliphatic carbocycles. The van der Waals surface area contributed by atoms with Crippen molar-refractivity contribution in [2.24, 2.45) is 0 Å². The molecule has 0 aromatic heterocycles. The summed E-state index contributed by atoms with van der Waals surface area (Å²) in [6, 6.07) is 0. The minimum Gasteiger partial charge on any atom is -0.444 e. The minimum absolute atomic E-state index is 0.147. The Labute approximate surface area is 129 Å². The highest BCUT2D eigenvalue weighted by atomic mass is 16.6. The molecule has 0 radical (unpaired) electrons. The Morgan fingerprint density at radius 2 is 1.62 bits per heavy atom. The topological polar surface area (TPSA) is 32.8 Å². The fourth-order valence-corrected chi connectivity index (χ4v) is 3.69. The summed E-state index contributed by atoms with van der Waals surface area (Å²) >= 11 is 0. The second-order valence-corrected chi connectivity index (χ2v) is 7.59. The molecular formula is C17H32N2O2. The van der Waals surface area contributed by atoms with Gasteiger partial charge in [0.05, 0.1) is 0 Å². The van der Waals surface area contributed by atoms with Gasteiger partial charge in [0, 0.05) is 18.6 Å². The summed E-state index contributed by atoms with van der Waals surface area (Å²) in [6.45, 7) is 12.2. The molecule has 0 bridgehead atoms. The number of carbonyl (C=O) groups is 1. The summed E-state index contributed by atoms with van der Waals surface area (Å²) in [7, 11) is 0. The quantitative estimate of drug-likeness (QED) is 0.779. The fraction of sp³-hybridized carbons (Fsp3) is 0.941. The van der Waals surface area contributed by atoms with Gasteiger partial charge in [-0.2, -0.15) is 0 Å². The van der Waals surface area contributed by atoms with Gasteiger partial charge in [-0.05, 0) is 66.0 Å². The van der Waals surface area contributed by atoms with Gasteiger partial charge in [-0.15, -0.1) is 0 Å². The molecule has 0 atom stereocenters. The van der Waals surface area contributed by atoms with E-state index in [1.165, 1.54) is 38.8 Å². The van der Waals surface area contributed by atoms with Gasteiger partial charge in [0.15, 0.2) is 0 Å². The number of piperidine rings is 2. The van der Waals surface area contributed by atoms with Crippen LogP contribution in [0.15, 0.2) is 0 Å². The Kier molecular flexibility index (Phi) is 5.18. The lowest BCUT2D eigenvalue weighted by Crippen LogP contribution is -2.57. The summed E-state index contributed by atoms with van der Waals surface area (Å²) < 4.78 is 5.50. The van der Waals surface area contributed by atoms with Crippen molar-refractivity contribution in [3.8, 4) is 0 Å². The van der Waals surface area contributed by atoms with Gasteiger partial charge < -0.3 is 9.64 Å². The standard InChI is InChI=1S/C17H32N2O2/c1-5-17(19-11-7-6-8-12-19)9-13-18(14-10-17)15(20)21-16(2,3)4/h5-14H2,1-4H3. The molecule has 2 fully saturated rings. The molecule has 0 unspecified atom stereocenters. The summed E-state index contributed by atoms with van der Waals surface area (Å²) in [6.07, 6.45) is 7.25. The van der Waals surface area contributed by atoms with Crippen LogP contribution in [0.3, 0.4) is 0 Å². The molecule has 122 valence electrons. The maximum absolute atomic E-state index is 12.2. The third kappa shape index (κ3) is 4.12. The number of rotatable bonds is 2. The first-order chi connectivity index (χ1) is 9.86. The van der Waals surface area contributed by atoms with E-state index in [1.54, 1.807) is 0 Å². The van der Waals surface area contributed by atoms with Gasteiger partial charge in [0.2, 0.25) is 0 Å². The van der Waals surface area contributed by atoms with E-state index in [2.05, 4.69) is 11.8 Å². The molecule has 0 spiro atoms. The molecule has 0 saturated carbocycles. The first kappa shape index (κ1) is 16.6. The van der Waals surface area contributed by atoms with Crippen molar-refractivity contribution in [1.29, 1.82) is 0 Å². The second kappa shape index (κ2) is 6.55. The van der Waals surface area contributed by atoms with E-state index in [9.17, 15) is 4.79 Å². The zero-order chi connectivity index (χ0) is 15.5.